The highest BCUT2D eigenvalue weighted by atomic mass is 32.1. The summed E-state index contributed by atoms with van der Waals surface area (Å²) in [6.07, 6.45) is 0. The molecule has 1 heterocycles. The van der Waals surface area contributed by atoms with Crippen LogP contribution in [-0.2, 0) is 16.1 Å². The molecule has 4 aromatic rings. The molecule has 0 aliphatic carbocycles. The van der Waals surface area contributed by atoms with Gasteiger partial charge >= 0.3 is 5.97 Å². The number of ether oxygens (including phenoxy) is 2. The fourth-order valence-corrected chi connectivity index (χ4v) is 4.32. The molecule has 0 aliphatic rings. The number of thiazole rings is 1. The van der Waals surface area contributed by atoms with E-state index in [1.165, 1.54) is 18.4 Å². The van der Waals surface area contributed by atoms with Gasteiger partial charge in [-0.1, -0.05) is 59.9 Å². The highest BCUT2D eigenvalue weighted by Crippen LogP contribution is 2.27. The summed E-state index contributed by atoms with van der Waals surface area (Å²) >= 11 is 1.32. The molecule has 4 rings (SSSR count). The monoisotopic (exact) mass is 432 g/mol. The van der Waals surface area contributed by atoms with E-state index in [1.807, 2.05) is 54.6 Å². The Labute approximate surface area is 183 Å². The van der Waals surface area contributed by atoms with Crippen LogP contribution in [-0.4, -0.2) is 30.7 Å². The van der Waals surface area contributed by atoms with Gasteiger partial charge in [0.25, 0.3) is 5.91 Å². The molecule has 1 aromatic heterocycles. The lowest BCUT2D eigenvalue weighted by Gasteiger charge is -2.07. The first kappa shape index (κ1) is 20.6. The molecule has 0 radical (unpaired) electrons. The number of hydrogen-bond acceptors (Lipinski definition) is 5. The number of nitrogens with zero attached hydrogens (tertiary/aromatic N) is 2. The zero-order valence-electron chi connectivity index (χ0n) is 17.1. The van der Waals surface area contributed by atoms with Gasteiger partial charge in [-0.3, -0.25) is 9.59 Å². The molecule has 0 atom stereocenters. The smallest absolute Gasteiger partial charge is 0.325 e. The molecule has 0 bridgehead atoms. The van der Waals surface area contributed by atoms with Crippen molar-refractivity contribution in [3.63, 3.8) is 0 Å². The van der Waals surface area contributed by atoms with E-state index in [0.717, 1.165) is 15.8 Å². The van der Waals surface area contributed by atoms with E-state index in [9.17, 15) is 9.59 Å². The summed E-state index contributed by atoms with van der Waals surface area (Å²) in [5, 5.41) is 0. The molecule has 0 N–H and O–H groups in total. The van der Waals surface area contributed by atoms with Crippen molar-refractivity contribution in [2.24, 2.45) is 4.99 Å². The third-order valence-electron chi connectivity index (χ3n) is 4.84. The minimum absolute atomic E-state index is 0.0735. The fourth-order valence-electron chi connectivity index (χ4n) is 3.28. The highest BCUT2D eigenvalue weighted by Gasteiger charge is 2.15. The van der Waals surface area contributed by atoms with E-state index in [4.69, 9.17) is 9.47 Å². The van der Waals surface area contributed by atoms with Gasteiger partial charge in [0.1, 0.15) is 17.8 Å². The lowest BCUT2D eigenvalue weighted by molar-refractivity contribution is -0.141. The average molecular weight is 433 g/mol. The number of esters is 1. The van der Waals surface area contributed by atoms with Crippen LogP contribution >= 0.6 is 11.3 Å². The molecular weight excluding hydrogens is 412 g/mol. The number of fused-ring (bicyclic) bond motifs is 1. The summed E-state index contributed by atoms with van der Waals surface area (Å²) in [7, 11) is 2.89. The predicted molar refractivity (Wildman–Crippen MR) is 120 cm³/mol. The van der Waals surface area contributed by atoms with E-state index in [1.54, 1.807) is 29.9 Å². The zero-order valence-corrected chi connectivity index (χ0v) is 17.9. The van der Waals surface area contributed by atoms with Crippen molar-refractivity contribution < 1.29 is 19.1 Å². The Morgan fingerprint density at radius 1 is 0.903 bits per heavy atom. The fraction of sp³-hybridized carbons (Fsp3) is 0.125. The number of methoxy groups -OCH3 is 2. The maximum Gasteiger partial charge on any atom is 0.325 e. The van der Waals surface area contributed by atoms with Gasteiger partial charge in [-0.15, -0.1) is 0 Å². The minimum Gasteiger partial charge on any atom is -0.495 e. The molecule has 0 fully saturated rings. The Balaban J connectivity index is 1.75. The predicted octanol–water partition coefficient (Wildman–Crippen LogP) is 4.29. The second-order valence-electron chi connectivity index (χ2n) is 6.71. The third-order valence-corrected chi connectivity index (χ3v) is 5.88. The maximum atomic E-state index is 12.9. The van der Waals surface area contributed by atoms with E-state index >= 15 is 0 Å². The van der Waals surface area contributed by atoms with E-state index in [2.05, 4.69) is 4.99 Å². The van der Waals surface area contributed by atoms with Crippen LogP contribution in [0.2, 0.25) is 0 Å². The number of para-hydroxylation sites is 1. The van der Waals surface area contributed by atoms with Crippen LogP contribution in [0.4, 0.5) is 0 Å². The number of carbonyl (C=O) groups excluding carboxylic acids is 2. The Hall–Kier alpha value is -3.71. The van der Waals surface area contributed by atoms with Gasteiger partial charge in [-0.2, -0.15) is 4.99 Å². The van der Waals surface area contributed by atoms with E-state index < -0.39 is 5.97 Å². The van der Waals surface area contributed by atoms with Crippen molar-refractivity contribution in [1.82, 2.24) is 4.57 Å². The zero-order chi connectivity index (χ0) is 21.8. The number of carbonyl (C=O) groups is 2. The van der Waals surface area contributed by atoms with Gasteiger partial charge in [-0.25, -0.2) is 0 Å². The van der Waals surface area contributed by atoms with Crippen LogP contribution in [0.3, 0.4) is 0 Å². The van der Waals surface area contributed by atoms with E-state index in [0.29, 0.717) is 21.6 Å². The first-order chi connectivity index (χ1) is 15.1. The minimum atomic E-state index is -0.438. The van der Waals surface area contributed by atoms with Crippen LogP contribution < -0.4 is 9.54 Å². The molecule has 0 aliphatic heterocycles. The molecule has 156 valence electrons. The molecule has 31 heavy (non-hydrogen) atoms. The normalized spacial score (nSPS) is 11.5. The van der Waals surface area contributed by atoms with Gasteiger partial charge in [-0.05, 0) is 35.4 Å². The summed E-state index contributed by atoms with van der Waals surface area (Å²) in [4.78, 5) is 29.6. The van der Waals surface area contributed by atoms with Crippen LogP contribution in [0.15, 0.2) is 77.8 Å². The van der Waals surface area contributed by atoms with Crippen molar-refractivity contribution in [2.75, 3.05) is 14.2 Å². The quantitative estimate of drug-likeness (QED) is 0.441. The van der Waals surface area contributed by atoms with Crippen molar-refractivity contribution in [3.8, 4) is 16.9 Å². The average Bonchev–Trinajstić information content (AvgIpc) is 3.16. The Morgan fingerprint density at radius 3 is 2.29 bits per heavy atom. The standard InChI is InChI=1S/C24H20N2O4S/c1-29-19-9-6-10-20-22(19)26(15-21(27)30-2)24(31-20)25-23(28)18-13-11-17(12-14-18)16-7-4-3-5-8-16/h3-14H,15H2,1-2H3. The van der Waals surface area contributed by atoms with Crippen LogP contribution in [0.1, 0.15) is 10.4 Å². The van der Waals surface area contributed by atoms with Crippen molar-refractivity contribution >= 4 is 33.4 Å². The first-order valence-electron chi connectivity index (χ1n) is 9.58. The lowest BCUT2D eigenvalue weighted by atomic mass is 10.0. The van der Waals surface area contributed by atoms with Gasteiger partial charge in [0.15, 0.2) is 4.80 Å². The number of aromatic nitrogens is 1. The third kappa shape index (κ3) is 4.27. The summed E-state index contributed by atoms with van der Waals surface area (Å²) in [5.41, 5.74) is 3.26. The van der Waals surface area contributed by atoms with Gasteiger partial charge in [0.2, 0.25) is 0 Å². The van der Waals surface area contributed by atoms with Gasteiger partial charge in [0, 0.05) is 5.56 Å². The van der Waals surface area contributed by atoms with Crippen LogP contribution in [0.5, 0.6) is 5.75 Å². The topological polar surface area (TPSA) is 69.9 Å². The summed E-state index contributed by atoms with van der Waals surface area (Å²) in [5.74, 6) is -0.228. The van der Waals surface area contributed by atoms with Crippen LogP contribution in [0, 0.1) is 0 Å². The molecule has 3 aromatic carbocycles. The number of hydrogen-bond donors (Lipinski definition) is 0. The summed E-state index contributed by atoms with van der Waals surface area (Å²) in [6.45, 7) is -0.0735. The second-order valence-corrected chi connectivity index (χ2v) is 7.72. The van der Waals surface area contributed by atoms with Crippen LogP contribution in [0.25, 0.3) is 21.3 Å². The molecular formula is C24H20N2O4S. The lowest BCUT2D eigenvalue weighted by Crippen LogP contribution is -2.22. The molecule has 1 amide bonds. The molecule has 0 saturated heterocycles. The van der Waals surface area contributed by atoms with Gasteiger partial charge < -0.3 is 14.0 Å². The number of rotatable bonds is 5. The molecule has 7 heteroatoms. The summed E-state index contributed by atoms with van der Waals surface area (Å²) in [6, 6.07) is 22.8. The van der Waals surface area contributed by atoms with Crippen molar-refractivity contribution in [2.45, 2.75) is 6.54 Å². The van der Waals surface area contributed by atoms with Crippen molar-refractivity contribution in [3.05, 3.63) is 83.2 Å². The largest absolute Gasteiger partial charge is 0.495 e. The SMILES string of the molecule is COC(=O)Cn1c(=NC(=O)c2ccc(-c3ccccc3)cc2)sc2cccc(OC)c21. The molecule has 0 saturated carbocycles. The molecule has 0 spiro atoms. The van der Waals surface area contributed by atoms with Gasteiger partial charge in [0.05, 0.1) is 18.9 Å². The second kappa shape index (κ2) is 8.97. The Morgan fingerprint density at radius 2 is 1.61 bits per heavy atom. The number of benzene rings is 3. The summed E-state index contributed by atoms with van der Waals surface area (Å²) < 4.78 is 12.8. The number of amides is 1. The highest BCUT2D eigenvalue weighted by molar-refractivity contribution is 7.16. The Kier molecular flexibility index (Phi) is 5.95. The molecule has 0 unspecified atom stereocenters. The first-order valence-corrected chi connectivity index (χ1v) is 10.4. The van der Waals surface area contributed by atoms with E-state index in [-0.39, 0.29) is 12.5 Å². The van der Waals surface area contributed by atoms with Crippen molar-refractivity contribution in [1.29, 1.82) is 0 Å². The Bertz CT molecular complexity index is 1310. The molecule has 6 nitrogen and oxygen atoms in total. The maximum absolute atomic E-state index is 12.9.